The zero-order valence-electron chi connectivity index (χ0n) is 5.60. The summed E-state index contributed by atoms with van der Waals surface area (Å²) in [7, 11) is 0. The van der Waals surface area contributed by atoms with Gasteiger partial charge in [0.25, 0.3) is 0 Å². The van der Waals surface area contributed by atoms with Crippen LogP contribution < -0.4 is 0 Å². The molecule has 9 heavy (non-hydrogen) atoms. The van der Waals surface area contributed by atoms with E-state index in [0.29, 0.717) is 0 Å². The maximum Gasteiger partial charge on any atom is 0.233 e. The van der Waals surface area contributed by atoms with Crippen molar-refractivity contribution >= 4 is 17.7 Å². The van der Waals surface area contributed by atoms with Crippen LogP contribution in [-0.2, 0) is 4.79 Å². The highest BCUT2D eigenvalue weighted by Gasteiger charge is 2.03. The Morgan fingerprint density at radius 2 is 2.33 bits per heavy atom. The molecule has 0 rings (SSSR count). The summed E-state index contributed by atoms with van der Waals surface area (Å²) in [5.74, 6) is 5.26. The first-order chi connectivity index (χ1) is 4.18. The summed E-state index contributed by atoms with van der Waals surface area (Å²) in [6.07, 6.45) is 0.785. The van der Waals surface area contributed by atoms with Crippen LogP contribution in [0.15, 0.2) is 0 Å². The lowest BCUT2D eigenvalue weighted by Crippen LogP contribution is -1.99. The first-order valence-electron chi connectivity index (χ1n) is 2.87. The van der Waals surface area contributed by atoms with Crippen LogP contribution in [-0.4, -0.2) is 5.12 Å². The van der Waals surface area contributed by atoms with Crippen molar-refractivity contribution in [2.45, 2.75) is 20.3 Å². The summed E-state index contributed by atoms with van der Waals surface area (Å²) >= 11 is 4.37. The number of hydrogen-bond donors (Lipinski definition) is 0. The van der Waals surface area contributed by atoms with Crippen molar-refractivity contribution in [3.05, 3.63) is 0 Å². The summed E-state index contributed by atoms with van der Waals surface area (Å²) in [5, 5.41) is -0.268. The maximum atomic E-state index is 10.4. The van der Waals surface area contributed by atoms with E-state index in [4.69, 9.17) is 0 Å². The Bertz CT molecular complexity index is 152. The molecule has 0 bridgehead atoms. The highest BCUT2D eigenvalue weighted by atomic mass is 32.1. The van der Waals surface area contributed by atoms with Crippen molar-refractivity contribution in [1.82, 2.24) is 0 Å². The van der Waals surface area contributed by atoms with Crippen LogP contribution >= 0.6 is 12.6 Å². The Labute approximate surface area is 61.2 Å². The normalized spacial score (nSPS) is 11.3. The van der Waals surface area contributed by atoms with E-state index < -0.39 is 0 Å². The van der Waals surface area contributed by atoms with Crippen molar-refractivity contribution in [2.75, 3.05) is 0 Å². The summed E-state index contributed by atoms with van der Waals surface area (Å²) in [5.41, 5.74) is 0. The lowest BCUT2D eigenvalue weighted by atomic mass is 10.2. The van der Waals surface area contributed by atoms with Crippen LogP contribution in [0.3, 0.4) is 0 Å². The van der Waals surface area contributed by atoms with Gasteiger partial charge in [0, 0.05) is 6.42 Å². The van der Waals surface area contributed by atoms with Gasteiger partial charge < -0.3 is 0 Å². The smallest absolute Gasteiger partial charge is 0.233 e. The topological polar surface area (TPSA) is 17.1 Å². The van der Waals surface area contributed by atoms with E-state index in [1.165, 1.54) is 0 Å². The Hall–Kier alpha value is -0.550. The Balaban J connectivity index is 3.75. The summed E-state index contributed by atoms with van der Waals surface area (Å²) in [6, 6.07) is 0. The minimum Gasteiger partial charge on any atom is -0.281 e. The van der Waals surface area contributed by atoms with Crippen LogP contribution in [0.5, 0.6) is 0 Å². The largest absolute Gasteiger partial charge is 0.281 e. The number of carbonyl (C=O) groups is 1. The van der Waals surface area contributed by atoms with Gasteiger partial charge in [-0.05, 0) is 19.6 Å². The molecule has 0 amide bonds. The summed E-state index contributed by atoms with van der Waals surface area (Å²) in [6.45, 7) is 3.66. The molecule has 0 aliphatic rings. The van der Waals surface area contributed by atoms with Gasteiger partial charge in [-0.25, -0.2) is 0 Å². The van der Waals surface area contributed by atoms with Crippen molar-refractivity contribution in [1.29, 1.82) is 0 Å². The minimum atomic E-state index is -0.268. The Kier molecular flexibility index (Phi) is 4.08. The Morgan fingerprint density at radius 3 is 2.67 bits per heavy atom. The SMILES string of the molecule is CCC#CC(C)C(=O)[S]. The van der Waals surface area contributed by atoms with E-state index in [2.05, 4.69) is 24.5 Å². The monoisotopic (exact) mass is 141 g/mol. The molecular weight excluding hydrogens is 132 g/mol. The third-order valence-corrected chi connectivity index (χ3v) is 1.20. The average molecular weight is 141 g/mol. The molecule has 1 radical (unpaired) electrons. The number of hydrogen-bond acceptors (Lipinski definition) is 1. The van der Waals surface area contributed by atoms with Crippen LogP contribution in [0.25, 0.3) is 0 Å². The Morgan fingerprint density at radius 1 is 1.78 bits per heavy atom. The molecule has 0 aromatic heterocycles. The van der Waals surface area contributed by atoms with Gasteiger partial charge in [0.2, 0.25) is 5.12 Å². The lowest BCUT2D eigenvalue weighted by Gasteiger charge is -1.90. The maximum absolute atomic E-state index is 10.4. The van der Waals surface area contributed by atoms with Gasteiger partial charge in [-0.3, -0.25) is 4.79 Å². The van der Waals surface area contributed by atoms with Gasteiger partial charge in [-0.2, -0.15) is 0 Å². The van der Waals surface area contributed by atoms with Crippen molar-refractivity contribution < 1.29 is 4.79 Å². The molecule has 0 aromatic rings. The van der Waals surface area contributed by atoms with Crippen LogP contribution in [0.2, 0.25) is 0 Å². The quantitative estimate of drug-likeness (QED) is 0.508. The van der Waals surface area contributed by atoms with E-state index in [-0.39, 0.29) is 11.0 Å². The zero-order chi connectivity index (χ0) is 7.28. The molecule has 49 valence electrons. The number of carbonyl (C=O) groups excluding carboxylic acids is 1. The molecule has 0 saturated heterocycles. The fourth-order valence-corrected chi connectivity index (χ4v) is 0.373. The first-order valence-corrected chi connectivity index (χ1v) is 3.28. The van der Waals surface area contributed by atoms with Crippen LogP contribution in [0.1, 0.15) is 20.3 Å². The second kappa shape index (κ2) is 4.34. The van der Waals surface area contributed by atoms with Gasteiger partial charge in [-0.1, -0.05) is 12.8 Å². The predicted octanol–water partition coefficient (Wildman–Crippen LogP) is 1.76. The molecule has 0 aliphatic carbocycles. The second-order valence-corrected chi connectivity index (χ2v) is 2.12. The second-order valence-electron chi connectivity index (χ2n) is 1.72. The molecule has 0 heterocycles. The van der Waals surface area contributed by atoms with Gasteiger partial charge >= 0.3 is 0 Å². The van der Waals surface area contributed by atoms with E-state index >= 15 is 0 Å². The lowest BCUT2D eigenvalue weighted by molar-refractivity contribution is -0.112. The summed E-state index contributed by atoms with van der Waals surface area (Å²) < 4.78 is 0. The minimum absolute atomic E-state index is 0.264. The molecule has 0 aromatic carbocycles. The van der Waals surface area contributed by atoms with Crippen LogP contribution in [0, 0.1) is 17.8 Å². The van der Waals surface area contributed by atoms with Gasteiger partial charge in [0.1, 0.15) is 0 Å². The molecule has 0 N–H and O–H groups in total. The van der Waals surface area contributed by atoms with Crippen molar-refractivity contribution in [3.63, 3.8) is 0 Å². The molecule has 0 fully saturated rings. The molecule has 1 atom stereocenters. The fourth-order valence-electron chi connectivity index (χ4n) is 0.314. The third kappa shape index (κ3) is 3.99. The molecule has 1 nitrogen and oxygen atoms in total. The molecule has 2 heteroatoms. The third-order valence-electron chi connectivity index (χ3n) is 0.849. The van der Waals surface area contributed by atoms with Crippen molar-refractivity contribution in [2.24, 2.45) is 5.92 Å². The molecular formula is C7H9OS. The fraction of sp³-hybridized carbons (Fsp3) is 0.571. The van der Waals surface area contributed by atoms with Gasteiger partial charge in [0.15, 0.2) is 0 Å². The first kappa shape index (κ1) is 8.45. The zero-order valence-corrected chi connectivity index (χ0v) is 6.42. The summed E-state index contributed by atoms with van der Waals surface area (Å²) in [4.78, 5) is 10.4. The van der Waals surface area contributed by atoms with E-state index in [1.54, 1.807) is 6.92 Å². The highest BCUT2D eigenvalue weighted by molar-refractivity contribution is 7.96. The van der Waals surface area contributed by atoms with Gasteiger partial charge in [0.05, 0.1) is 5.92 Å². The highest BCUT2D eigenvalue weighted by Crippen LogP contribution is 1.96. The average Bonchev–Trinajstić information content (AvgIpc) is 1.82. The molecule has 1 unspecified atom stereocenters. The van der Waals surface area contributed by atoms with E-state index in [1.807, 2.05) is 6.92 Å². The van der Waals surface area contributed by atoms with Gasteiger partial charge in [-0.15, -0.1) is 5.92 Å². The predicted molar refractivity (Wildman–Crippen MR) is 39.8 cm³/mol. The molecule has 0 aliphatic heterocycles. The van der Waals surface area contributed by atoms with E-state index in [9.17, 15) is 4.79 Å². The van der Waals surface area contributed by atoms with Crippen LogP contribution in [0.4, 0.5) is 0 Å². The molecule has 0 spiro atoms. The van der Waals surface area contributed by atoms with Crippen molar-refractivity contribution in [3.8, 4) is 11.8 Å². The molecule has 0 saturated carbocycles. The number of rotatable bonds is 1. The van der Waals surface area contributed by atoms with E-state index in [0.717, 1.165) is 6.42 Å². The standard InChI is InChI=1S/C7H9OS/c1-3-4-5-6(2)7(8)9/h6H,3H2,1-2H3.